The summed E-state index contributed by atoms with van der Waals surface area (Å²) in [6.45, 7) is 4.87. The van der Waals surface area contributed by atoms with Crippen molar-refractivity contribution in [3.05, 3.63) is 51.7 Å². The SMILES string of the molecule is CC(=O)Nc1sc(C)c(C)c1C(=O)OCc1ccccc1F. The van der Waals surface area contributed by atoms with Crippen molar-refractivity contribution in [1.29, 1.82) is 0 Å². The summed E-state index contributed by atoms with van der Waals surface area (Å²) in [5.41, 5.74) is 1.39. The fourth-order valence-corrected chi connectivity index (χ4v) is 3.05. The van der Waals surface area contributed by atoms with Crippen LogP contribution in [0.15, 0.2) is 24.3 Å². The molecule has 2 rings (SSSR count). The van der Waals surface area contributed by atoms with Crippen molar-refractivity contribution in [3.63, 3.8) is 0 Å². The van der Waals surface area contributed by atoms with Crippen LogP contribution in [0.2, 0.25) is 0 Å². The van der Waals surface area contributed by atoms with Crippen LogP contribution in [-0.4, -0.2) is 11.9 Å². The van der Waals surface area contributed by atoms with Crippen molar-refractivity contribution in [1.82, 2.24) is 0 Å². The molecule has 1 N–H and O–H groups in total. The van der Waals surface area contributed by atoms with Gasteiger partial charge in [0.15, 0.2) is 0 Å². The number of carbonyl (C=O) groups excluding carboxylic acids is 2. The Bertz CT molecular complexity index is 724. The standard InChI is InChI=1S/C16H16FNO3S/c1-9-10(2)22-15(18-11(3)19)14(9)16(20)21-8-12-6-4-5-7-13(12)17/h4-7H,8H2,1-3H3,(H,18,19). The van der Waals surface area contributed by atoms with Crippen LogP contribution >= 0.6 is 11.3 Å². The molecule has 0 radical (unpaired) electrons. The Balaban J connectivity index is 2.19. The van der Waals surface area contributed by atoms with Crippen molar-refractivity contribution in [2.75, 3.05) is 5.32 Å². The van der Waals surface area contributed by atoms with Gasteiger partial charge in [-0.25, -0.2) is 9.18 Å². The number of nitrogens with one attached hydrogen (secondary N) is 1. The highest BCUT2D eigenvalue weighted by Crippen LogP contribution is 2.33. The number of rotatable bonds is 4. The lowest BCUT2D eigenvalue weighted by atomic mass is 10.1. The molecule has 0 spiro atoms. The molecule has 6 heteroatoms. The maximum atomic E-state index is 13.5. The van der Waals surface area contributed by atoms with E-state index >= 15 is 0 Å². The average molecular weight is 321 g/mol. The van der Waals surface area contributed by atoms with Crippen LogP contribution in [0.5, 0.6) is 0 Å². The number of hydrogen-bond acceptors (Lipinski definition) is 4. The largest absolute Gasteiger partial charge is 0.457 e. The molecule has 116 valence electrons. The van der Waals surface area contributed by atoms with Crippen LogP contribution in [0.25, 0.3) is 0 Å². The second-order valence-corrected chi connectivity index (χ2v) is 6.06. The quantitative estimate of drug-likeness (QED) is 0.871. The number of carbonyl (C=O) groups is 2. The Morgan fingerprint density at radius 3 is 2.59 bits per heavy atom. The minimum atomic E-state index is -0.575. The predicted octanol–water partition coefficient (Wildman–Crippen LogP) is 3.82. The number of hydrogen-bond donors (Lipinski definition) is 1. The monoisotopic (exact) mass is 321 g/mol. The molecule has 0 unspecified atom stereocenters. The third-order valence-corrected chi connectivity index (χ3v) is 4.32. The van der Waals surface area contributed by atoms with E-state index in [2.05, 4.69) is 5.32 Å². The lowest BCUT2D eigenvalue weighted by Gasteiger charge is -2.08. The molecule has 22 heavy (non-hydrogen) atoms. The van der Waals surface area contributed by atoms with Crippen LogP contribution in [0.4, 0.5) is 9.39 Å². The molecule has 0 saturated heterocycles. The lowest BCUT2D eigenvalue weighted by molar-refractivity contribution is -0.114. The van der Waals surface area contributed by atoms with Gasteiger partial charge in [-0.1, -0.05) is 18.2 Å². The molecule has 0 aliphatic rings. The summed E-state index contributed by atoms with van der Waals surface area (Å²) in [5.74, 6) is -1.26. The molecule has 0 bridgehead atoms. The number of halogens is 1. The summed E-state index contributed by atoms with van der Waals surface area (Å²) in [4.78, 5) is 24.4. The van der Waals surface area contributed by atoms with Gasteiger partial charge in [-0.2, -0.15) is 0 Å². The number of aryl methyl sites for hydroxylation is 1. The van der Waals surface area contributed by atoms with Crippen molar-refractivity contribution in [2.45, 2.75) is 27.4 Å². The molecule has 1 heterocycles. The smallest absolute Gasteiger partial charge is 0.341 e. The van der Waals surface area contributed by atoms with Crippen LogP contribution < -0.4 is 5.32 Å². The van der Waals surface area contributed by atoms with Gasteiger partial charge in [-0.15, -0.1) is 11.3 Å². The number of ether oxygens (including phenoxy) is 1. The number of thiophene rings is 1. The lowest BCUT2D eigenvalue weighted by Crippen LogP contribution is -2.12. The second-order valence-electron chi connectivity index (χ2n) is 4.84. The molecular weight excluding hydrogens is 305 g/mol. The third-order valence-electron chi connectivity index (χ3n) is 3.20. The normalized spacial score (nSPS) is 10.4. The molecule has 0 aliphatic heterocycles. The van der Waals surface area contributed by atoms with Gasteiger partial charge in [0.2, 0.25) is 5.91 Å². The van der Waals surface area contributed by atoms with Gasteiger partial charge in [0.05, 0.1) is 5.56 Å². The number of anilines is 1. The topological polar surface area (TPSA) is 55.4 Å². The summed E-state index contributed by atoms with van der Waals surface area (Å²) < 4.78 is 18.7. The summed E-state index contributed by atoms with van der Waals surface area (Å²) in [6, 6.07) is 6.12. The molecule has 0 atom stereocenters. The first kappa shape index (κ1) is 16.2. The molecule has 1 amide bonds. The number of benzene rings is 1. The summed E-state index contributed by atoms with van der Waals surface area (Å²) in [5, 5.41) is 3.09. The van der Waals surface area contributed by atoms with Crippen molar-refractivity contribution in [2.24, 2.45) is 0 Å². The van der Waals surface area contributed by atoms with E-state index in [1.807, 2.05) is 6.92 Å². The fraction of sp³-hybridized carbons (Fsp3) is 0.250. The van der Waals surface area contributed by atoms with Crippen LogP contribution in [0.1, 0.15) is 33.3 Å². The van der Waals surface area contributed by atoms with Crippen LogP contribution in [-0.2, 0) is 16.1 Å². The van der Waals surface area contributed by atoms with Gasteiger partial charge in [0, 0.05) is 17.4 Å². The van der Waals surface area contributed by atoms with Gasteiger partial charge in [0.1, 0.15) is 17.4 Å². The van der Waals surface area contributed by atoms with Crippen molar-refractivity contribution < 1.29 is 18.7 Å². The van der Waals surface area contributed by atoms with E-state index in [1.165, 1.54) is 24.3 Å². The average Bonchev–Trinajstić information content (AvgIpc) is 2.72. The Morgan fingerprint density at radius 2 is 1.95 bits per heavy atom. The van der Waals surface area contributed by atoms with Gasteiger partial charge in [-0.3, -0.25) is 4.79 Å². The Morgan fingerprint density at radius 1 is 1.27 bits per heavy atom. The zero-order valence-electron chi connectivity index (χ0n) is 12.5. The highest BCUT2D eigenvalue weighted by atomic mass is 32.1. The molecule has 4 nitrogen and oxygen atoms in total. The van der Waals surface area contributed by atoms with Crippen LogP contribution in [0, 0.1) is 19.7 Å². The molecular formula is C16H16FNO3S. The zero-order chi connectivity index (χ0) is 16.3. The van der Waals surface area contributed by atoms with E-state index in [4.69, 9.17) is 4.74 Å². The molecule has 0 aliphatic carbocycles. The maximum absolute atomic E-state index is 13.5. The van der Waals surface area contributed by atoms with E-state index in [-0.39, 0.29) is 12.5 Å². The van der Waals surface area contributed by atoms with Crippen molar-refractivity contribution in [3.8, 4) is 0 Å². The second kappa shape index (κ2) is 6.70. The van der Waals surface area contributed by atoms with E-state index in [9.17, 15) is 14.0 Å². The fourth-order valence-electron chi connectivity index (χ4n) is 1.95. The van der Waals surface area contributed by atoms with E-state index in [0.29, 0.717) is 16.1 Å². The summed E-state index contributed by atoms with van der Waals surface area (Å²) in [6.07, 6.45) is 0. The highest BCUT2D eigenvalue weighted by Gasteiger charge is 2.21. The third kappa shape index (κ3) is 3.51. The maximum Gasteiger partial charge on any atom is 0.341 e. The first-order valence-corrected chi connectivity index (χ1v) is 7.50. The van der Waals surface area contributed by atoms with Gasteiger partial charge in [0.25, 0.3) is 0 Å². The van der Waals surface area contributed by atoms with E-state index in [0.717, 1.165) is 10.4 Å². The summed E-state index contributed by atoms with van der Waals surface area (Å²) in [7, 11) is 0. The molecule has 1 aromatic carbocycles. The number of amides is 1. The predicted molar refractivity (Wildman–Crippen MR) is 83.6 cm³/mol. The minimum absolute atomic E-state index is 0.153. The molecule has 1 aromatic heterocycles. The molecule has 0 saturated carbocycles. The number of esters is 1. The van der Waals surface area contributed by atoms with Crippen LogP contribution in [0.3, 0.4) is 0 Å². The molecule has 0 fully saturated rings. The summed E-state index contributed by atoms with van der Waals surface area (Å²) >= 11 is 1.32. The molecule has 2 aromatic rings. The zero-order valence-corrected chi connectivity index (χ0v) is 13.3. The van der Waals surface area contributed by atoms with E-state index < -0.39 is 11.8 Å². The van der Waals surface area contributed by atoms with E-state index in [1.54, 1.807) is 25.1 Å². The van der Waals surface area contributed by atoms with Gasteiger partial charge >= 0.3 is 5.97 Å². The van der Waals surface area contributed by atoms with Crippen molar-refractivity contribution >= 4 is 28.2 Å². The Hall–Kier alpha value is -2.21. The highest BCUT2D eigenvalue weighted by molar-refractivity contribution is 7.16. The Kier molecular flexibility index (Phi) is 4.92. The Labute approximate surface area is 131 Å². The minimum Gasteiger partial charge on any atom is -0.457 e. The van der Waals surface area contributed by atoms with Gasteiger partial charge < -0.3 is 10.1 Å². The first-order chi connectivity index (χ1) is 10.4. The van der Waals surface area contributed by atoms with Gasteiger partial charge in [-0.05, 0) is 25.5 Å². The first-order valence-electron chi connectivity index (χ1n) is 6.68.